The number of rotatable bonds is 2. The molecule has 0 aliphatic carbocycles. The molecule has 104 valence electrons. The smallest absolute Gasteiger partial charge is 0.255 e. The molecule has 0 aliphatic heterocycles. The molecule has 0 radical (unpaired) electrons. The Bertz CT molecular complexity index is 684. The van der Waals surface area contributed by atoms with Gasteiger partial charge in [-0.3, -0.25) is 4.79 Å². The molecule has 0 atom stereocenters. The lowest BCUT2D eigenvalue weighted by Crippen LogP contribution is -2.13. The van der Waals surface area contributed by atoms with E-state index in [1.54, 1.807) is 30.3 Å². The topological polar surface area (TPSA) is 55.1 Å². The third kappa shape index (κ3) is 2.89. The number of nitrogens with two attached hydrogens (primary N) is 1. The van der Waals surface area contributed by atoms with Crippen molar-refractivity contribution in [3.8, 4) is 0 Å². The Balaban J connectivity index is 2.32. The Kier molecular flexibility index (Phi) is 4.21. The van der Waals surface area contributed by atoms with E-state index in [2.05, 4.69) is 5.32 Å². The molecule has 0 heterocycles. The number of hydrogen-bond acceptors (Lipinski definition) is 2. The Morgan fingerprint density at radius 3 is 2.45 bits per heavy atom. The second-order valence-corrected chi connectivity index (χ2v) is 5.36. The fourth-order valence-electron chi connectivity index (χ4n) is 1.77. The summed E-state index contributed by atoms with van der Waals surface area (Å²) in [5.41, 5.74) is 9.00. The van der Waals surface area contributed by atoms with Crippen molar-refractivity contribution in [2.24, 2.45) is 0 Å². The summed E-state index contributed by atoms with van der Waals surface area (Å²) >= 11 is 12.2. The molecule has 0 aliphatic rings. The van der Waals surface area contributed by atoms with E-state index >= 15 is 0 Å². The number of carbonyl (C=O) groups is 1. The van der Waals surface area contributed by atoms with E-state index in [0.29, 0.717) is 27.0 Å². The molecule has 2 aromatic rings. The van der Waals surface area contributed by atoms with Crippen LogP contribution in [0, 0.1) is 13.8 Å². The molecule has 2 aromatic carbocycles. The standard InChI is InChI=1S/C15H14Cl2N2O/c1-8-3-5-11(16)14(13(8)17)19-15(20)10-4-6-12(18)9(2)7-10/h3-7H,18H2,1-2H3,(H,19,20). The summed E-state index contributed by atoms with van der Waals surface area (Å²) in [6.07, 6.45) is 0. The van der Waals surface area contributed by atoms with Crippen molar-refractivity contribution < 1.29 is 4.79 Å². The van der Waals surface area contributed by atoms with E-state index in [4.69, 9.17) is 28.9 Å². The normalized spacial score (nSPS) is 10.4. The highest BCUT2D eigenvalue weighted by Crippen LogP contribution is 2.33. The lowest BCUT2D eigenvalue weighted by atomic mass is 10.1. The highest BCUT2D eigenvalue weighted by molar-refractivity contribution is 6.40. The fourth-order valence-corrected chi connectivity index (χ4v) is 2.24. The average Bonchev–Trinajstić information content (AvgIpc) is 2.42. The molecular weight excluding hydrogens is 295 g/mol. The zero-order valence-electron chi connectivity index (χ0n) is 11.1. The van der Waals surface area contributed by atoms with Crippen LogP contribution in [0.1, 0.15) is 21.5 Å². The predicted molar refractivity (Wildman–Crippen MR) is 84.7 cm³/mol. The van der Waals surface area contributed by atoms with Crippen LogP contribution in [0.25, 0.3) is 0 Å². The van der Waals surface area contributed by atoms with Gasteiger partial charge in [-0.15, -0.1) is 0 Å². The number of hydrogen-bond donors (Lipinski definition) is 2. The molecule has 0 unspecified atom stereocenters. The van der Waals surface area contributed by atoms with E-state index in [0.717, 1.165) is 11.1 Å². The predicted octanol–water partition coefficient (Wildman–Crippen LogP) is 4.44. The van der Waals surface area contributed by atoms with Gasteiger partial charge in [-0.05, 0) is 49.2 Å². The van der Waals surface area contributed by atoms with E-state index in [1.165, 1.54) is 0 Å². The number of carbonyl (C=O) groups excluding carboxylic acids is 1. The number of nitrogens with one attached hydrogen (secondary N) is 1. The number of halogens is 2. The van der Waals surface area contributed by atoms with Crippen molar-refractivity contribution in [2.75, 3.05) is 11.1 Å². The largest absolute Gasteiger partial charge is 0.399 e. The summed E-state index contributed by atoms with van der Waals surface area (Å²) in [5.74, 6) is -0.275. The molecule has 3 N–H and O–H groups in total. The number of aryl methyl sites for hydroxylation is 2. The second kappa shape index (κ2) is 5.73. The molecule has 0 saturated heterocycles. The molecule has 2 rings (SSSR count). The maximum atomic E-state index is 12.2. The van der Waals surface area contributed by atoms with Crippen LogP contribution in [0.3, 0.4) is 0 Å². The first-order valence-electron chi connectivity index (χ1n) is 6.02. The third-order valence-corrected chi connectivity index (χ3v) is 3.86. The maximum Gasteiger partial charge on any atom is 0.255 e. The molecule has 0 fully saturated rings. The Morgan fingerprint density at radius 1 is 1.10 bits per heavy atom. The van der Waals surface area contributed by atoms with Crippen LogP contribution in [-0.4, -0.2) is 5.91 Å². The maximum absolute atomic E-state index is 12.2. The monoisotopic (exact) mass is 308 g/mol. The average molecular weight is 309 g/mol. The molecule has 1 amide bonds. The van der Waals surface area contributed by atoms with Crippen molar-refractivity contribution in [3.63, 3.8) is 0 Å². The van der Waals surface area contributed by atoms with Crippen molar-refractivity contribution in [3.05, 3.63) is 57.1 Å². The van der Waals surface area contributed by atoms with Crippen molar-refractivity contribution in [1.82, 2.24) is 0 Å². The van der Waals surface area contributed by atoms with Crippen LogP contribution >= 0.6 is 23.2 Å². The number of benzene rings is 2. The molecule has 3 nitrogen and oxygen atoms in total. The van der Waals surface area contributed by atoms with Gasteiger partial charge in [-0.1, -0.05) is 29.3 Å². The quantitative estimate of drug-likeness (QED) is 0.806. The lowest BCUT2D eigenvalue weighted by molar-refractivity contribution is 0.102. The van der Waals surface area contributed by atoms with Gasteiger partial charge in [0.05, 0.1) is 15.7 Å². The zero-order valence-corrected chi connectivity index (χ0v) is 12.6. The number of amides is 1. The highest BCUT2D eigenvalue weighted by Gasteiger charge is 2.13. The van der Waals surface area contributed by atoms with Crippen molar-refractivity contribution in [2.45, 2.75) is 13.8 Å². The van der Waals surface area contributed by atoms with Crippen LogP contribution in [-0.2, 0) is 0 Å². The minimum absolute atomic E-state index is 0.275. The van der Waals surface area contributed by atoms with Gasteiger partial charge < -0.3 is 11.1 Å². The highest BCUT2D eigenvalue weighted by atomic mass is 35.5. The summed E-state index contributed by atoms with van der Waals surface area (Å²) in [4.78, 5) is 12.2. The van der Waals surface area contributed by atoms with Gasteiger partial charge in [-0.25, -0.2) is 0 Å². The Hall–Kier alpha value is -1.71. The SMILES string of the molecule is Cc1cc(C(=O)Nc2c(Cl)ccc(C)c2Cl)ccc1N. The Labute approximate surface area is 127 Å². The van der Waals surface area contributed by atoms with Crippen LogP contribution in [0.4, 0.5) is 11.4 Å². The summed E-state index contributed by atoms with van der Waals surface area (Å²) < 4.78 is 0. The second-order valence-electron chi connectivity index (χ2n) is 4.58. The molecule has 0 spiro atoms. The van der Waals surface area contributed by atoms with Gasteiger partial charge in [0.25, 0.3) is 5.91 Å². The van der Waals surface area contributed by atoms with Gasteiger partial charge in [0.2, 0.25) is 0 Å². The first kappa shape index (κ1) is 14.7. The first-order valence-corrected chi connectivity index (χ1v) is 6.78. The van der Waals surface area contributed by atoms with Crippen LogP contribution in [0.5, 0.6) is 0 Å². The zero-order chi connectivity index (χ0) is 14.9. The molecule has 0 saturated carbocycles. The van der Waals surface area contributed by atoms with E-state index in [9.17, 15) is 4.79 Å². The van der Waals surface area contributed by atoms with E-state index in [-0.39, 0.29) is 5.91 Å². The minimum atomic E-state index is -0.275. The minimum Gasteiger partial charge on any atom is -0.399 e. The molecule has 5 heteroatoms. The fraction of sp³-hybridized carbons (Fsp3) is 0.133. The molecular formula is C15H14Cl2N2O. The summed E-state index contributed by atoms with van der Waals surface area (Å²) in [7, 11) is 0. The van der Waals surface area contributed by atoms with Gasteiger partial charge in [-0.2, -0.15) is 0 Å². The van der Waals surface area contributed by atoms with Crippen molar-refractivity contribution >= 4 is 40.5 Å². The third-order valence-electron chi connectivity index (χ3n) is 3.05. The van der Waals surface area contributed by atoms with Crippen molar-refractivity contribution in [1.29, 1.82) is 0 Å². The Morgan fingerprint density at radius 2 is 1.80 bits per heavy atom. The van der Waals surface area contributed by atoms with Crippen LogP contribution in [0.15, 0.2) is 30.3 Å². The summed E-state index contributed by atoms with van der Waals surface area (Å²) in [5, 5.41) is 3.59. The van der Waals surface area contributed by atoms with Gasteiger partial charge in [0.15, 0.2) is 0 Å². The van der Waals surface area contributed by atoms with E-state index < -0.39 is 0 Å². The summed E-state index contributed by atoms with van der Waals surface area (Å²) in [6.45, 7) is 3.69. The van der Waals surface area contributed by atoms with Gasteiger partial charge in [0, 0.05) is 11.3 Å². The first-order chi connectivity index (χ1) is 9.40. The molecule has 20 heavy (non-hydrogen) atoms. The van der Waals surface area contributed by atoms with E-state index in [1.807, 2.05) is 13.8 Å². The molecule has 0 bridgehead atoms. The van der Waals surface area contributed by atoms with Crippen LogP contribution < -0.4 is 11.1 Å². The van der Waals surface area contributed by atoms with Gasteiger partial charge >= 0.3 is 0 Å². The van der Waals surface area contributed by atoms with Gasteiger partial charge in [0.1, 0.15) is 0 Å². The van der Waals surface area contributed by atoms with Crippen LogP contribution in [0.2, 0.25) is 10.0 Å². The number of nitrogen functional groups attached to an aromatic ring is 1. The number of anilines is 2. The molecule has 0 aromatic heterocycles. The summed E-state index contributed by atoms with van der Waals surface area (Å²) in [6, 6.07) is 8.58. The lowest BCUT2D eigenvalue weighted by Gasteiger charge is -2.11.